The molecule has 1 saturated heterocycles. The normalized spacial score (nSPS) is 16.9. The maximum Gasteiger partial charge on any atom is 0.267 e. The molecule has 2 aromatic carbocycles. The number of para-hydroxylation sites is 1. The van der Waals surface area contributed by atoms with Crippen LogP contribution >= 0.6 is 23.4 Å². The van der Waals surface area contributed by atoms with Crippen LogP contribution in [0.5, 0.6) is 0 Å². The van der Waals surface area contributed by atoms with Gasteiger partial charge in [0.05, 0.1) is 17.1 Å². The minimum Gasteiger partial charge on any atom is -0.282 e. The van der Waals surface area contributed by atoms with Crippen LogP contribution < -0.4 is 0 Å². The number of amides is 1. The molecule has 0 unspecified atom stereocenters. The molecule has 1 aliphatic rings. The zero-order valence-electron chi connectivity index (χ0n) is 14.8. The zero-order valence-corrected chi connectivity index (χ0v) is 16.4. The molecule has 3 aromatic rings. The molecule has 2 heterocycles. The fraction of sp³-hybridized carbons (Fsp3) is 0.0455. The molecule has 0 spiro atoms. The Bertz CT molecular complexity index is 1050. The minimum absolute atomic E-state index is 0.0727. The van der Waals surface area contributed by atoms with Crippen molar-refractivity contribution in [2.75, 3.05) is 0 Å². The van der Waals surface area contributed by atoms with Gasteiger partial charge in [-0.15, -0.1) is 0 Å². The molecule has 138 valence electrons. The van der Waals surface area contributed by atoms with Crippen LogP contribution in [0.2, 0.25) is 5.02 Å². The van der Waals surface area contributed by atoms with Crippen molar-refractivity contribution in [3.8, 4) is 0 Å². The van der Waals surface area contributed by atoms with Crippen LogP contribution in [0.15, 0.2) is 89.0 Å². The van der Waals surface area contributed by atoms with Gasteiger partial charge in [0.25, 0.3) is 5.91 Å². The Labute approximate surface area is 172 Å². The monoisotopic (exact) mass is 405 g/mol. The SMILES string of the molecule is O=C1/C(=C\c2cccc(Cl)c2)SC(=Nc2ccccc2)N1Cc1ccncc1. The molecule has 4 nitrogen and oxygen atoms in total. The predicted octanol–water partition coefficient (Wildman–Crippen LogP) is 5.54. The molecule has 1 amide bonds. The summed E-state index contributed by atoms with van der Waals surface area (Å²) in [5, 5.41) is 1.29. The minimum atomic E-state index is -0.0727. The van der Waals surface area contributed by atoms with Crippen molar-refractivity contribution in [2.24, 2.45) is 4.99 Å². The Morgan fingerprint density at radius 3 is 2.57 bits per heavy atom. The molecule has 1 aliphatic heterocycles. The van der Waals surface area contributed by atoms with Crippen molar-refractivity contribution in [3.05, 3.63) is 100 Å². The largest absolute Gasteiger partial charge is 0.282 e. The van der Waals surface area contributed by atoms with E-state index in [0.717, 1.165) is 16.8 Å². The average Bonchev–Trinajstić information content (AvgIpc) is 2.98. The van der Waals surface area contributed by atoms with Gasteiger partial charge in [-0.2, -0.15) is 0 Å². The summed E-state index contributed by atoms with van der Waals surface area (Å²) in [6.45, 7) is 0.437. The number of hydrogen-bond acceptors (Lipinski definition) is 4. The Balaban J connectivity index is 1.70. The number of carbonyl (C=O) groups excluding carboxylic acids is 1. The van der Waals surface area contributed by atoms with Crippen molar-refractivity contribution in [1.82, 2.24) is 9.88 Å². The van der Waals surface area contributed by atoms with Gasteiger partial charge >= 0.3 is 0 Å². The smallest absolute Gasteiger partial charge is 0.267 e. The third-order valence-electron chi connectivity index (χ3n) is 4.11. The number of rotatable bonds is 4. The van der Waals surface area contributed by atoms with E-state index in [4.69, 9.17) is 16.6 Å². The number of thioether (sulfide) groups is 1. The lowest BCUT2D eigenvalue weighted by Gasteiger charge is -2.15. The van der Waals surface area contributed by atoms with Crippen molar-refractivity contribution in [1.29, 1.82) is 0 Å². The van der Waals surface area contributed by atoms with E-state index in [1.54, 1.807) is 17.3 Å². The summed E-state index contributed by atoms with van der Waals surface area (Å²) in [7, 11) is 0. The van der Waals surface area contributed by atoms with Gasteiger partial charge in [0.2, 0.25) is 0 Å². The van der Waals surface area contributed by atoms with E-state index in [1.807, 2.05) is 72.8 Å². The molecule has 4 rings (SSSR count). The lowest BCUT2D eigenvalue weighted by Crippen LogP contribution is -2.28. The van der Waals surface area contributed by atoms with E-state index in [0.29, 0.717) is 21.6 Å². The lowest BCUT2D eigenvalue weighted by atomic mass is 10.2. The number of halogens is 1. The molecular weight excluding hydrogens is 390 g/mol. The Kier molecular flexibility index (Phi) is 5.55. The first-order valence-corrected chi connectivity index (χ1v) is 9.88. The Morgan fingerprint density at radius 2 is 1.82 bits per heavy atom. The molecule has 28 heavy (non-hydrogen) atoms. The van der Waals surface area contributed by atoms with Crippen molar-refractivity contribution >= 4 is 46.2 Å². The first kappa shape index (κ1) is 18.5. The van der Waals surface area contributed by atoms with Gasteiger partial charge < -0.3 is 0 Å². The summed E-state index contributed by atoms with van der Waals surface area (Å²) in [6.07, 6.45) is 5.30. The molecule has 0 aliphatic carbocycles. The fourth-order valence-electron chi connectivity index (χ4n) is 2.76. The van der Waals surface area contributed by atoms with Crippen LogP contribution in [-0.4, -0.2) is 21.0 Å². The molecule has 0 bridgehead atoms. The van der Waals surface area contributed by atoms with Gasteiger partial charge in [0.15, 0.2) is 5.17 Å². The topological polar surface area (TPSA) is 45.6 Å². The molecule has 0 saturated carbocycles. The van der Waals surface area contributed by atoms with Crippen LogP contribution in [0.1, 0.15) is 11.1 Å². The van der Waals surface area contributed by atoms with E-state index < -0.39 is 0 Å². The van der Waals surface area contributed by atoms with E-state index in [9.17, 15) is 4.79 Å². The summed E-state index contributed by atoms with van der Waals surface area (Å²) in [5.41, 5.74) is 2.68. The van der Waals surface area contributed by atoms with E-state index in [2.05, 4.69) is 4.98 Å². The number of carbonyl (C=O) groups is 1. The third-order valence-corrected chi connectivity index (χ3v) is 5.35. The number of aromatic nitrogens is 1. The van der Waals surface area contributed by atoms with Gasteiger partial charge in [-0.05, 0) is 65.4 Å². The highest BCUT2D eigenvalue weighted by molar-refractivity contribution is 8.18. The van der Waals surface area contributed by atoms with Gasteiger partial charge in [0.1, 0.15) is 0 Å². The average molecular weight is 406 g/mol. The summed E-state index contributed by atoms with van der Waals surface area (Å²) in [4.78, 5) is 24.2. The number of hydrogen-bond donors (Lipinski definition) is 0. The van der Waals surface area contributed by atoms with Gasteiger partial charge in [-0.3, -0.25) is 14.7 Å². The lowest BCUT2D eigenvalue weighted by molar-refractivity contribution is -0.122. The maximum absolute atomic E-state index is 13.1. The van der Waals surface area contributed by atoms with Crippen LogP contribution in [0.4, 0.5) is 5.69 Å². The number of benzene rings is 2. The molecule has 0 radical (unpaired) electrons. The van der Waals surface area contributed by atoms with Crippen molar-refractivity contribution < 1.29 is 4.79 Å². The highest BCUT2D eigenvalue weighted by atomic mass is 35.5. The zero-order chi connectivity index (χ0) is 19.3. The second-order valence-corrected chi connectivity index (χ2v) is 7.59. The van der Waals surface area contributed by atoms with Crippen LogP contribution in [0.3, 0.4) is 0 Å². The number of amidine groups is 1. The second kappa shape index (κ2) is 8.42. The molecule has 0 atom stereocenters. The summed E-state index contributed by atoms with van der Waals surface area (Å²) >= 11 is 7.45. The predicted molar refractivity (Wildman–Crippen MR) is 115 cm³/mol. The van der Waals surface area contributed by atoms with Gasteiger partial charge in [-0.25, -0.2) is 4.99 Å². The van der Waals surface area contributed by atoms with Crippen molar-refractivity contribution in [2.45, 2.75) is 6.54 Å². The highest BCUT2D eigenvalue weighted by Crippen LogP contribution is 2.35. The molecule has 6 heteroatoms. The van der Waals surface area contributed by atoms with Crippen LogP contribution in [0, 0.1) is 0 Å². The third kappa shape index (κ3) is 4.32. The quantitative estimate of drug-likeness (QED) is 0.535. The Morgan fingerprint density at radius 1 is 1.04 bits per heavy atom. The summed E-state index contributed by atoms with van der Waals surface area (Å²) in [6, 6.07) is 20.9. The summed E-state index contributed by atoms with van der Waals surface area (Å²) in [5.74, 6) is -0.0727. The maximum atomic E-state index is 13.1. The first-order chi connectivity index (χ1) is 13.7. The standard InChI is InChI=1S/C22H16ClN3OS/c23-18-6-4-5-17(13-18)14-20-21(27)26(15-16-9-11-24-12-10-16)22(28-20)25-19-7-2-1-3-8-19/h1-14H,15H2/b20-14+,25-22?. The van der Waals surface area contributed by atoms with Gasteiger partial charge in [-0.1, -0.05) is 41.9 Å². The molecular formula is C22H16ClN3OS. The number of pyridine rings is 1. The number of nitrogens with zero attached hydrogens (tertiary/aromatic N) is 3. The van der Waals surface area contributed by atoms with E-state index in [1.165, 1.54) is 11.8 Å². The highest BCUT2D eigenvalue weighted by Gasteiger charge is 2.33. The number of aliphatic imine (C=N–C) groups is 1. The first-order valence-electron chi connectivity index (χ1n) is 8.69. The van der Waals surface area contributed by atoms with E-state index >= 15 is 0 Å². The molecule has 1 aromatic heterocycles. The fourth-order valence-corrected chi connectivity index (χ4v) is 3.96. The molecule has 1 fully saturated rings. The van der Waals surface area contributed by atoms with Gasteiger partial charge in [0, 0.05) is 17.4 Å². The van der Waals surface area contributed by atoms with Crippen molar-refractivity contribution in [3.63, 3.8) is 0 Å². The van der Waals surface area contributed by atoms with Crippen LogP contribution in [-0.2, 0) is 11.3 Å². The van der Waals surface area contributed by atoms with Crippen LogP contribution in [0.25, 0.3) is 6.08 Å². The molecule has 0 N–H and O–H groups in total. The van der Waals surface area contributed by atoms with E-state index in [-0.39, 0.29) is 5.91 Å². The second-order valence-electron chi connectivity index (χ2n) is 6.14. The Hall–Kier alpha value is -2.89. The summed E-state index contributed by atoms with van der Waals surface area (Å²) < 4.78 is 0.